The van der Waals surface area contributed by atoms with Gasteiger partial charge in [0.25, 0.3) is 11.5 Å². The fourth-order valence-electron chi connectivity index (χ4n) is 2.66. The number of benzene rings is 2. The van der Waals surface area contributed by atoms with Crippen LogP contribution in [0.4, 0.5) is 0 Å². The van der Waals surface area contributed by atoms with E-state index in [-0.39, 0.29) is 18.0 Å². The third-order valence-corrected chi connectivity index (χ3v) is 3.99. The number of nitrogens with one attached hydrogen (secondary N) is 1. The second-order valence-electron chi connectivity index (χ2n) is 5.58. The van der Waals surface area contributed by atoms with Gasteiger partial charge in [0.2, 0.25) is 0 Å². The Labute approximate surface area is 145 Å². The minimum atomic E-state index is -0.203. The van der Waals surface area contributed by atoms with E-state index in [4.69, 9.17) is 4.74 Å². The van der Waals surface area contributed by atoms with Gasteiger partial charge in [-0.2, -0.15) is 0 Å². The van der Waals surface area contributed by atoms with Crippen LogP contribution in [0.15, 0.2) is 53.3 Å². The highest BCUT2D eigenvalue weighted by atomic mass is 16.5. The molecule has 3 aromatic rings. The summed E-state index contributed by atoms with van der Waals surface area (Å²) in [7, 11) is 1.56. The zero-order chi connectivity index (χ0) is 17.8. The zero-order valence-corrected chi connectivity index (χ0v) is 14.2. The average Bonchev–Trinajstić information content (AvgIpc) is 2.65. The summed E-state index contributed by atoms with van der Waals surface area (Å²) in [5.74, 6) is 0.943. The number of nitrogens with zero attached hydrogens (tertiary/aromatic N) is 2. The summed E-state index contributed by atoms with van der Waals surface area (Å²) < 4.78 is 5.17. The molecule has 0 fully saturated rings. The van der Waals surface area contributed by atoms with Gasteiger partial charge in [0.1, 0.15) is 11.6 Å². The number of H-pyrrole nitrogens is 1. The van der Waals surface area contributed by atoms with Gasteiger partial charge >= 0.3 is 0 Å². The standard InChI is InChI=1S/C19H19N3O3/c1-3-22(19(24)13-7-6-8-14(11-13)25-2)12-17-20-16-10-5-4-9-15(16)18(23)21-17/h4-11H,3,12H2,1-2H3,(H,20,21,23). The first-order chi connectivity index (χ1) is 12.1. The van der Waals surface area contributed by atoms with Crippen LogP contribution in [0.5, 0.6) is 5.75 Å². The number of aromatic amines is 1. The number of methoxy groups -OCH3 is 1. The van der Waals surface area contributed by atoms with Gasteiger partial charge in [-0.05, 0) is 37.3 Å². The minimum Gasteiger partial charge on any atom is -0.497 e. The summed E-state index contributed by atoms with van der Waals surface area (Å²) in [5, 5.41) is 0.536. The van der Waals surface area contributed by atoms with Crippen molar-refractivity contribution < 1.29 is 9.53 Å². The summed E-state index contributed by atoms with van der Waals surface area (Å²) in [6, 6.07) is 14.1. The molecule has 1 aromatic heterocycles. The van der Waals surface area contributed by atoms with Crippen LogP contribution in [0.2, 0.25) is 0 Å². The Balaban J connectivity index is 1.89. The quantitative estimate of drug-likeness (QED) is 0.776. The van der Waals surface area contributed by atoms with Crippen LogP contribution in [-0.4, -0.2) is 34.4 Å². The molecule has 1 heterocycles. The lowest BCUT2D eigenvalue weighted by molar-refractivity contribution is 0.0748. The number of carbonyl (C=O) groups is 1. The molecule has 0 aliphatic carbocycles. The average molecular weight is 337 g/mol. The normalized spacial score (nSPS) is 10.6. The van der Waals surface area contributed by atoms with Crippen LogP contribution in [-0.2, 0) is 6.54 Å². The Hall–Kier alpha value is -3.15. The largest absolute Gasteiger partial charge is 0.497 e. The van der Waals surface area contributed by atoms with Crippen LogP contribution in [0, 0.1) is 0 Å². The van der Waals surface area contributed by atoms with Gasteiger partial charge in [-0.1, -0.05) is 18.2 Å². The number of amides is 1. The Kier molecular flexibility index (Phi) is 4.79. The number of carbonyl (C=O) groups excluding carboxylic acids is 1. The van der Waals surface area contributed by atoms with Gasteiger partial charge in [0, 0.05) is 12.1 Å². The Morgan fingerprint density at radius 3 is 2.76 bits per heavy atom. The van der Waals surface area contributed by atoms with Gasteiger partial charge in [-0.3, -0.25) is 9.59 Å². The summed E-state index contributed by atoms with van der Waals surface area (Å²) in [6.45, 7) is 2.61. The lowest BCUT2D eigenvalue weighted by atomic mass is 10.2. The molecule has 6 nitrogen and oxygen atoms in total. The smallest absolute Gasteiger partial charge is 0.258 e. The summed E-state index contributed by atoms with van der Waals surface area (Å²) in [5.41, 5.74) is 0.945. The third-order valence-electron chi connectivity index (χ3n) is 3.99. The summed E-state index contributed by atoms with van der Waals surface area (Å²) in [4.78, 5) is 33.8. The first kappa shape index (κ1) is 16.7. The molecule has 25 heavy (non-hydrogen) atoms. The molecule has 0 spiro atoms. The lowest BCUT2D eigenvalue weighted by Crippen LogP contribution is -2.32. The molecule has 0 saturated heterocycles. The molecule has 2 aromatic carbocycles. The predicted octanol–water partition coefficient (Wildman–Crippen LogP) is 2.59. The van der Waals surface area contributed by atoms with Crippen LogP contribution < -0.4 is 10.3 Å². The van der Waals surface area contributed by atoms with Gasteiger partial charge in [-0.25, -0.2) is 4.98 Å². The highest BCUT2D eigenvalue weighted by molar-refractivity contribution is 5.94. The Morgan fingerprint density at radius 1 is 1.20 bits per heavy atom. The number of rotatable bonds is 5. The molecule has 0 unspecified atom stereocenters. The first-order valence-electron chi connectivity index (χ1n) is 8.03. The fraction of sp³-hybridized carbons (Fsp3) is 0.211. The maximum absolute atomic E-state index is 12.7. The van der Waals surface area contributed by atoms with Crippen molar-refractivity contribution in [3.63, 3.8) is 0 Å². The second kappa shape index (κ2) is 7.17. The maximum Gasteiger partial charge on any atom is 0.258 e. The van der Waals surface area contributed by atoms with Crippen molar-refractivity contribution in [3.8, 4) is 5.75 Å². The van der Waals surface area contributed by atoms with Gasteiger partial charge in [0.15, 0.2) is 0 Å². The van der Waals surface area contributed by atoms with Crippen LogP contribution in [0.1, 0.15) is 23.1 Å². The molecular formula is C19H19N3O3. The first-order valence-corrected chi connectivity index (χ1v) is 8.03. The van der Waals surface area contributed by atoms with Crippen molar-refractivity contribution in [2.24, 2.45) is 0 Å². The summed E-state index contributed by atoms with van der Waals surface area (Å²) in [6.07, 6.45) is 0. The molecular weight excluding hydrogens is 318 g/mol. The van der Waals surface area contributed by atoms with Gasteiger partial charge in [0.05, 0.1) is 24.6 Å². The Bertz CT molecular complexity index is 965. The van der Waals surface area contributed by atoms with Crippen molar-refractivity contribution in [1.82, 2.24) is 14.9 Å². The molecule has 6 heteroatoms. The van der Waals surface area contributed by atoms with E-state index in [0.29, 0.717) is 34.6 Å². The van der Waals surface area contributed by atoms with E-state index in [1.54, 1.807) is 54.5 Å². The number of para-hydroxylation sites is 1. The van der Waals surface area contributed by atoms with Crippen LogP contribution in [0.25, 0.3) is 10.9 Å². The van der Waals surface area contributed by atoms with Crippen molar-refractivity contribution >= 4 is 16.8 Å². The molecule has 0 radical (unpaired) electrons. The van der Waals surface area contributed by atoms with Crippen LogP contribution in [0.3, 0.4) is 0 Å². The van der Waals surface area contributed by atoms with Crippen molar-refractivity contribution in [1.29, 1.82) is 0 Å². The Morgan fingerprint density at radius 2 is 2.00 bits per heavy atom. The molecule has 1 amide bonds. The van der Waals surface area contributed by atoms with E-state index in [0.717, 1.165) is 0 Å². The van der Waals surface area contributed by atoms with Crippen LogP contribution >= 0.6 is 0 Å². The second-order valence-corrected chi connectivity index (χ2v) is 5.58. The lowest BCUT2D eigenvalue weighted by Gasteiger charge is -2.20. The number of hydrogen-bond acceptors (Lipinski definition) is 4. The van der Waals surface area contributed by atoms with E-state index in [9.17, 15) is 9.59 Å². The molecule has 0 aliphatic heterocycles. The highest BCUT2D eigenvalue weighted by Crippen LogP contribution is 2.15. The highest BCUT2D eigenvalue weighted by Gasteiger charge is 2.16. The topological polar surface area (TPSA) is 75.3 Å². The molecule has 1 N–H and O–H groups in total. The number of hydrogen-bond donors (Lipinski definition) is 1. The number of ether oxygens (including phenoxy) is 1. The molecule has 3 rings (SSSR count). The van der Waals surface area contributed by atoms with Gasteiger partial charge in [-0.15, -0.1) is 0 Å². The molecule has 0 aliphatic rings. The maximum atomic E-state index is 12.7. The van der Waals surface area contributed by atoms with Crippen molar-refractivity contribution in [2.75, 3.05) is 13.7 Å². The van der Waals surface area contributed by atoms with E-state index >= 15 is 0 Å². The monoisotopic (exact) mass is 337 g/mol. The molecule has 0 saturated carbocycles. The van der Waals surface area contributed by atoms with E-state index < -0.39 is 0 Å². The van der Waals surface area contributed by atoms with Crippen molar-refractivity contribution in [2.45, 2.75) is 13.5 Å². The third kappa shape index (κ3) is 3.52. The summed E-state index contributed by atoms with van der Waals surface area (Å²) >= 11 is 0. The van der Waals surface area contributed by atoms with E-state index in [1.807, 2.05) is 13.0 Å². The van der Waals surface area contributed by atoms with Crippen molar-refractivity contribution in [3.05, 3.63) is 70.3 Å². The fourth-order valence-corrected chi connectivity index (χ4v) is 2.66. The zero-order valence-electron chi connectivity index (χ0n) is 14.2. The molecule has 128 valence electrons. The van der Waals surface area contributed by atoms with Gasteiger partial charge < -0.3 is 14.6 Å². The number of aromatic nitrogens is 2. The molecule has 0 atom stereocenters. The minimum absolute atomic E-state index is 0.141. The van der Waals surface area contributed by atoms with E-state index in [1.165, 1.54) is 0 Å². The van der Waals surface area contributed by atoms with E-state index in [2.05, 4.69) is 9.97 Å². The SMILES string of the molecule is CCN(Cc1nc2ccccc2c(=O)[nH]1)C(=O)c1cccc(OC)c1. The molecule has 0 bridgehead atoms. The predicted molar refractivity (Wildman–Crippen MR) is 95.8 cm³/mol. The number of fused-ring (bicyclic) bond motifs is 1.